The molecule has 0 bridgehead atoms. The molecule has 1 N–H and O–H groups in total. The Hall–Kier alpha value is -1.58. The Morgan fingerprint density at radius 1 is 1.41 bits per heavy atom. The highest BCUT2D eigenvalue weighted by atomic mass is 19.1. The largest absolute Gasteiger partial charge is 0.496 e. The SMILES string of the molecule is COc1c(C)c(F)cc(C2(C(=O)O)CC2)c1C. The topological polar surface area (TPSA) is 46.5 Å². The van der Waals surface area contributed by atoms with Gasteiger partial charge in [0.1, 0.15) is 11.6 Å². The van der Waals surface area contributed by atoms with Gasteiger partial charge in [0.15, 0.2) is 0 Å². The van der Waals surface area contributed by atoms with Crippen LogP contribution in [0.15, 0.2) is 6.07 Å². The molecule has 0 unspecified atom stereocenters. The number of hydrogen-bond acceptors (Lipinski definition) is 2. The molecule has 0 heterocycles. The minimum atomic E-state index is -0.897. The van der Waals surface area contributed by atoms with Gasteiger partial charge in [-0.2, -0.15) is 0 Å². The van der Waals surface area contributed by atoms with Crippen molar-refractivity contribution in [3.05, 3.63) is 28.6 Å². The van der Waals surface area contributed by atoms with Gasteiger partial charge >= 0.3 is 5.97 Å². The Bertz CT molecular complexity index is 490. The lowest BCUT2D eigenvalue weighted by Crippen LogP contribution is -2.21. The van der Waals surface area contributed by atoms with E-state index in [1.54, 1.807) is 13.8 Å². The van der Waals surface area contributed by atoms with Crippen molar-refractivity contribution < 1.29 is 19.0 Å². The number of hydrogen-bond donors (Lipinski definition) is 1. The van der Waals surface area contributed by atoms with Crippen LogP contribution in [0.3, 0.4) is 0 Å². The van der Waals surface area contributed by atoms with E-state index in [1.165, 1.54) is 13.2 Å². The summed E-state index contributed by atoms with van der Waals surface area (Å²) in [6, 6.07) is 1.34. The number of ether oxygens (including phenoxy) is 1. The van der Waals surface area contributed by atoms with Crippen molar-refractivity contribution in [2.24, 2.45) is 0 Å². The maximum atomic E-state index is 13.8. The van der Waals surface area contributed by atoms with Gasteiger partial charge in [0.25, 0.3) is 0 Å². The predicted molar refractivity (Wildman–Crippen MR) is 61.0 cm³/mol. The van der Waals surface area contributed by atoms with E-state index in [9.17, 15) is 14.3 Å². The van der Waals surface area contributed by atoms with Gasteiger partial charge < -0.3 is 9.84 Å². The molecule has 1 saturated carbocycles. The summed E-state index contributed by atoms with van der Waals surface area (Å²) in [6.07, 6.45) is 1.13. The molecule has 0 spiro atoms. The van der Waals surface area contributed by atoms with E-state index in [4.69, 9.17) is 4.74 Å². The Morgan fingerprint density at radius 3 is 2.41 bits per heavy atom. The second-order valence-electron chi connectivity index (χ2n) is 4.58. The first kappa shape index (κ1) is 11.9. The predicted octanol–water partition coefficient (Wildman–Crippen LogP) is 2.57. The summed E-state index contributed by atoms with van der Waals surface area (Å²) >= 11 is 0. The summed E-state index contributed by atoms with van der Waals surface area (Å²) in [6.45, 7) is 3.41. The quantitative estimate of drug-likeness (QED) is 0.880. The molecule has 0 atom stereocenters. The van der Waals surface area contributed by atoms with E-state index in [2.05, 4.69) is 0 Å². The van der Waals surface area contributed by atoms with Crippen LogP contribution in [-0.2, 0) is 10.2 Å². The lowest BCUT2D eigenvalue weighted by Gasteiger charge is -2.18. The lowest BCUT2D eigenvalue weighted by molar-refractivity contribution is -0.140. The average Bonchev–Trinajstić information content (AvgIpc) is 3.05. The first-order valence-corrected chi connectivity index (χ1v) is 5.51. The Morgan fingerprint density at radius 2 is 2.00 bits per heavy atom. The van der Waals surface area contributed by atoms with Crippen LogP contribution in [0.5, 0.6) is 5.75 Å². The fraction of sp³-hybridized carbons (Fsp3) is 0.462. The highest BCUT2D eigenvalue weighted by molar-refractivity contribution is 5.85. The Kier molecular flexibility index (Phi) is 2.60. The summed E-state index contributed by atoms with van der Waals surface area (Å²) in [5.41, 5.74) is 0.803. The molecule has 0 aromatic heterocycles. The van der Waals surface area contributed by atoms with Crippen LogP contribution in [0.4, 0.5) is 4.39 Å². The van der Waals surface area contributed by atoms with Crippen molar-refractivity contribution in [2.75, 3.05) is 7.11 Å². The standard InChI is InChI=1S/C13H15FO3/c1-7-9(13(4-5-13)12(15)16)6-10(14)8(2)11(7)17-3/h6H,4-5H2,1-3H3,(H,15,16). The number of rotatable bonds is 3. The van der Waals surface area contributed by atoms with Crippen molar-refractivity contribution in [3.8, 4) is 5.75 Å². The number of carboxylic acids is 1. The van der Waals surface area contributed by atoms with Crippen molar-refractivity contribution >= 4 is 5.97 Å². The van der Waals surface area contributed by atoms with Gasteiger partial charge in [-0.3, -0.25) is 4.79 Å². The lowest BCUT2D eigenvalue weighted by atomic mass is 9.90. The van der Waals surface area contributed by atoms with E-state index in [0.29, 0.717) is 29.7 Å². The molecule has 1 aromatic carbocycles. The smallest absolute Gasteiger partial charge is 0.314 e. The van der Waals surface area contributed by atoms with Crippen LogP contribution in [0.25, 0.3) is 0 Å². The second-order valence-corrected chi connectivity index (χ2v) is 4.58. The summed E-state index contributed by atoms with van der Waals surface area (Å²) in [5.74, 6) is -0.839. The Balaban J connectivity index is 2.64. The maximum absolute atomic E-state index is 13.8. The average molecular weight is 238 g/mol. The summed E-state index contributed by atoms with van der Waals surface area (Å²) in [5, 5.41) is 9.24. The zero-order valence-corrected chi connectivity index (χ0v) is 10.1. The van der Waals surface area contributed by atoms with Crippen LogP contribution in [-0.4, -0.2) is 18.2 Å². The molecule has 1 fully saturated rings. The van der Waals surface area contributed by atoms with Gasteiger partial charge in [0.05, 0.1) is 12.5 Å². The molecule has 17 heavy (non-hydrogen) atoms. The monoisotopic (exact) mass is 238 g/mol. The van der Waals surface area contributed by atoms with E-state index in [0.717, 1.165) is 5.56 Å². The first-order valence-electron chi connectivity index (χ1n) is 5.51. The van der Waals surface area contributed by atoms with Gasteiger partial charge in [0.2, 0.25) is 0 Å². The fourth-order valence-corrected chi connectivity index (χ4v) is 2.38. The zero-order valence-electron chi connectivity index (χ0n) is 10.1. The molecule has 0 saturated heterocycles. The van der Waals surface area contributed by atoms with E-state index >= 15 is 0 Å². The highest BCUT2D eigenvalue weighted by Gasteiger charge is 2.53. The molecule has 92 valence electrons. The summed E-state index contributed by atoms with van der Waals surface area (Å²) in [7, 11) is 1.47. The number of methoxy groups -OCH3 is 1. The molecule has 1 aliphatic carbocycles. The summed E-state index contributed by atoms with van der Waals surface area (Å²) < 4.78 is 18.9. The molecule has 1 aliphatic rings. The minimum absolute atomic E-state index is 0.407. The molecule has 0 amide bonds. The minimum Gasteiger partial charge on any atom is -0.496 e. The molecule has 0 aliphatic heterocycles. The van der Waals surface area contributed by atoms with Gasteiger partial charge in [-0.05, 0) is 43.9 Å². The third-order valence-electron chi connectivity index (χ3n) is 3.59. The van der Waals surface area contributed by atoms with Crippen LogP contribution in [0.1, 0.15) is 29.5 Å². The van der Waals surface area contributed by atoms with Gasteiger partial charge in [-0.15, -0.1) is 0 Å². The Labute approximate surface area is 99.2 Å². The van der Waals surface area contributed by atoms with Crippen molar-refractivity contribution in [1.82, 2.24) is 0 Å². The molecule has 4 heteroatoms. The van der Waals surface area contributed by atoms with E-state index in [-0.39, 0.29) is 0 Å². The second kappa shape index (κ2) is 3.72. The first-order chi connectivity index (χ1) is 7.94. The van der Waals surface area contributed by atoms with E-state index < -0.39 is 17.2 Å². The maximum Gasteiger partial charge on any atom is 0.314 e. The van der Waals surface area contributed by atoms with Crippen LogP contribution in [0.2, 0.25) is 0 Å². The number of carbonyl (C=O) groups is 1. The third kappa shape index (κ3) is 1.59. The van der Waals surface area contributed by atoms with Gasteiger partial charge in [0, 0.05) is 5.56 Å². The summed E-state index contributed by atoms with van der Waals surface area (Å²) in [4.78, 5) is 11.3. The molecule has 3 nitrogen and oxygen atoms in total. The number of carboxylic acid groups (broad SMARTS) is 1. The van der Waals surface area contributed by atoms with Crippen LogP contribution >= 0.6 is 0 Å². The molecule has 0 radical (unpaired) electrons. The fourth-order valence-electron chi connectivity index (χ4n) is 2.38. The zero-order chi connectivity index (χ0) is 12.8. The van der Waals surface area contributed by atoms with Gasteiger partial charge in [-0.25, -0.2) is 4.39 Å². The molecular weight excluding hydrogens is 223 g/mol. The van der Waals surface area contributed by atoms with Crippen molar-refractivity contribution in [2.45, 2.75) is 32.1 Å². The third-order valence-corrected chi connectivity index (χ3v) is 3.59. The van der Waals surface area contributed by atoms with Gasteiger partial charge in [-0.1, -0.05) is 0 Å². The van der Waals surface area contributed by atoms with Crippen molar-refractivity contribution in [1.29, 1.82) is 0 Å². The van der Waals surface area contributed by atoms with Crippen molar-refractivity contribution in [3.63, 3.8) is 0 Å². The molecule has 2 rings (SSSR count). The normalized spacial score (nSPS) is 16.7. The van der Waals surface area contributed by atoms with Crippen LogP contribution in [0, 0.1) is 19.7 Å². The number of aliphatic carboxylic acids is 1. The van der Waals surface area contributed by atoms with E-state index in [1.807, 2.05) is 0 Å². The number of halogens is 1. The molecule has 1 aromatic rings. The molecular formula is C13H15FO3. The van der Waals surface area contributed by atoms with Crippen LogP contribution < -0.4 is 4.74 Å². The number of benzene rings is 1. The highest BCUT2D eigenvalue weighted by Crippen LogP contribution is 2.51.